The molecule has 0 fully saturated rings. The Kier molecular flexibility index (Phi) is 6.87. The van der Waals surface area contributed by atoms with E-state index in [1.165, 1.54) is 5.56 Å². The van der Waals surface area contributed by atoms with Crippen LogP contribution in [-0.4, -0.2) is 38.1 Å². The normalized spacial score (nSPS) is 10.3. The number of nitrogens with zero attached hydrogens (tertiary/aromatic N) is 1. The van der Waals surface area contributed by atoms with E-state index in [4.69, 9.17) is 10.5 Å². The average molecular weight is 329 g/mol. The number of hydrogen-bond donors (Lipinski definition) is 1. The second kappa shape index (κ2) is 8.17. The number of nitrogens with two attached hydrogens (primary N) is 1. The van der Waals surface area contributed by atoms with Crippen molar-refractivity contribution in [2.24, 2.45) is 5.73 Å². The highest BCUT2D eigenvalue weighted by Gasteiger charge is 2.05. The van der Waals surface area contributed by atoms with E-state index >= 15 is 0 Å². The summed E-state index contributed by atoms with van der Waals surface area (Å²) in [6.07, 6.45) is 2.08. The molecule has 0 saturated carbocycles. The Labute approximate surface area is 123 Å². The highest BCUT2D eigenvalue weighted by Crippen LogP contribution is 2.26. The van der Waals surface area contributed by atoms with Gasteiger partial charge in [-0.3, -0.25) is 4.79 Å². The van der Waals surface area contributed by atoms with Gasteiger partial charge in [0.05, 0.1) is 11.1 Å². The number of carbonyl (C=O) groups excluding carboxylic acids is 1. The summed E-state index contributed by atoms with van der Waals surface area (Å²) >= 11 is 3.48. The molecule has 1 rings (SSSR count). The zero-order chi connectivity index (χ0) is 14.3. The van der Waals surface area contributed by atoms with Crippen LogP contribution in [0.15, 0.2) is 22.7 Å². The molecule has 0 bridgehead atoms. The van der Waals surface area contributed by atoms with Gasteiger partial charge in [0.2, 0.25) is 5.91 Å². The summed E-state index contributed by atoms with van der Waals surface area (Å²) in [7, 11) is 3.52. The van der Waals surface area contributed by atoms with Crippen LogP contribution in [0.25, 0.3) is 0 Å². The van der Waals surface area contributed by atoms with Gasteiger partial charge >= 0.3 is 0 Å². The van der Waals surface area contributed by atoms with Crippen LogP contribution < -0.4 is 10.5 Å². The fraction of sp³-hybridized carbons (Fsp3) is 0.500. The van der Waals surface area contributed by atoms with E-state index in [2.05, 4.69) is 15.9 Å². The quantitative estimate of drug-likeness (QED) is 0.780. The minimum Gasteiger partial charge on any atom is -0.492 e. The van der Waals surface area contributed by atoms with Gasteiger partial charge in [0.1, 0.15) is 5.75 Å². The van der Waals surface area contributed by atoms with Gasteiger partial charge in [-0.05, 0) is 53.0 Å². The minimum atomic E-state index is 0.126. The highest BCUT2D eigenvalue weighted by atomic mass is 79.9. The van der Waals surface area contributed by atoms with Crippen LogP contribution in [0.1, 0.15) is 18.4 Å². The Morgan fingerprint density at radius 2 is 2.16 bits per heavy atom. The monoisotopic (exact) mass is 328 g/mol. The van der Waals surface area contributed by atoms with Crippen LogP contribution in [0.4, 0.5) is 0 Å². The van der Waals surface area contributed by atoms with Crippen molar-refractivity contribution in [3.8, 4) is 5.75 Å². The lowest BCUT2D eigenvalue weighted by atomic mass is 10.1. The zero-order valence-electron chi connectivity index (χ0n) is 11.5. The molecule has 0 atom stereocenters. The first-order valence-corrected chi connectivity index (χ1v) is 7.15. The first-order chi connectivity index (χ1) is 9.04. The average Bonchev–Trinajstić information content (AvgIpc) is 2.36. The van der Waals surface area contributed by atoms with Crippen LogP contribution in [0.3, 0.4) is 0 Å². The third kappa shape index (κ3) is 5.61. The zero-order valence-corrected chi connectivity index (χ0v) is 13.1. The molecule has 2 N–H and O–H groups in total. The Bertz CT molecular complexity index is 422. The molecule has 5 heteroatoms. The third-order valence-electron chi connectivity index (χ3n) is 2.72. The molecule has 0 spiro atoms. The van der Waals surface area contributed by atoms with E-state index in [1.807, 2.05) is 18.2 Å². The van der Waals surface area contributed by atoms with Crippen LogP contribution in [0.5, 0.6) is 5.75 Å². The number of hydrogen-bond acceptors (Lipinski definition) is 3. The lowest BCUT2D eigenvalue weighted by molar-refractivity contribution is -0.128. The van der Waals surface area contributed by atoms with Crippen LogP contribution in [0, 0.1) is 0 Å². The maximum atomic E-state index is 11.4. The van der Waals surface area contributed by atoms with E-state index in [0.29, 0.717) is 26.0 Å². The summed E-state index contributed by atoms with van der Waals surface area (Å²) in [6.45, 7) is 1.17. The van der Waals surface area contributed by atoms with Gasteiger partial charge in [-0.1, -0.05) is 6.07 Å². The Balaban J connectivity index is 2.39. The van der Waals surface area contributed by atoms with Crippen LogP contribution >= 0.6 is 15.9 Å². The SMILES string of the molecule is CN(C)C(=O)CCCOc1ccc(CCN)cc1Br. The second-order valence-electron chi connectivity index (χ2n) is 4.54. The largest absolute Gasteiger partial charge is 0.492 e. The lowest BCUT2D eigenvalue weighted by Gasteiger charge is -2.11. The summed E-state index contributed by atoms with van der Waals surface area (Å²) in [5.41, 5.74) is 6.70. The van der Waals surface area contributed by atoms with Crippen molar-refractivity contribution in [2.75, 3.05) is 27.2 Å². The predicted molar refractivity (Wildman–Crippen MR) is 80.3 cm³/mol. The molecular formula is C14H21BrN2O2. The molecule has 0 aromatic heterocycles. The fourth-order valence-corrected chi connectivity index (χ4v) is 2.15. The number of benzene rings is 1. The smallest absolute Gasteiger partial charge is 0.222 e. The van der Waals surface area contributed by atoms with Crippen molar-refractivity contribution >= 4 is 21.8 Å². The molecular weight excluding hydrogens is 308 g/mol. The van der Waals surface area contributed by atoms with E-state index in [1.54, 1.807) is 19.0 Å². The Morgan fingerprint density at radius 1 is 1.42 bits per heavy atom. The van der Waals surface area contributed by atoms with Crippen molar-refractivity contribution in [1.29, 1.82) is 0 Å². The molecule has 19 heavy (non-hydrogen) atoms. The number of ether oxygens (including phenoxy) is 1. The third-order valence-corrected chi connectivity index (χ3v) is 3.34. The van der Waals surface area contributed by atoms with Gasteiger partial charge in [-0.15, -0.1) is 0 Å². The number of rotatable bonds is 7. The van der Waals surface area contributed by atoms with Crippen LogP contribution in [0.2, 0.25) is 0 Å². The highest BCUT2D eigenvalue weighted by molar-refractivity contribution is 9.10. The number of halogens is 1. The minimum absolute atomic E-state index is 0.126. The molecule has 1 aromatic carbocycles. The van der Waals surface area contributed by atoms with E-state index < -0.39 is 0 Å². The summed E-state index contributed by atoms with van der Waals surface area (Å²) in [5, 5.41) is 0. The van der Waals surface area contributed by atoms with Gasteiger partial charge in [-0.25, -0.2) is 0 Å². The molecule has 4 nitrogen and oxygen atoms in total. The van der Waals surface area contributed by atoms with Crippen molar-refractivity contribution in [3.63, 3.8) is 0 Å². The summed E-state index contributed by atoms with van der Waals surface area (Å²) in [6, 6.07) is 5.97. The molecule has 0 radical (unpaired) electrons. The standard InChI is InChI=1S/C14H21BrN2O2/c1-17(2)14(18)4-3-9-19-13-6-5-11(7-8-16)10-12(13)15/h5-6,10H,3-4,7-9,16H2,1-2H3. The van der Waals surface area contributed by atoms with E-state index in [9.17, 15) is 4.79 Å². The molecule has 0 aliphatic carbocycles. The van der Waals surface area contributed by atoms with Crippen molar-refractivity contribution in [3.05, 3.63) is 28.2 Å². The Hall–Kier alpha value is -1.07. The maximum Gasteiger partial charge on any atom is 0.222 e. The van der Waals surface area contributed by atoms with Crippen molar-refractivity contribution in [2.45, 2.75) is 19.3 Å². The summed E-state index contributed by atoms with van der Waals surface area (Å²) in [5.74, 6) is 0.930. The molecule has 106 valence electrons. The van der Waals surface area contributed by atoms with Crippen molar-refractivity contribution < 1.29 is 9.53 Å². The number of amides is 1. The summed E-state index contributed by atoms with van der Waals surface area (Å²) < 4.78 is 6.58. The molecule has 1 aromatic rings. The van der Waals surface area contributed by atoms with Crippen molar-refractivity contribution in [1.82, 2.24) is 4.90 Å². The molecule has 0 aliphatic rings. The molecule has 0 heterocycles. The van der Waals surface area contributed by atoms with Gasteiger partial charge < -0.3 is 15.4 Å². The van der Waals surface area contributed by atoms with Gasteiger partial charge in [0, 0.05) is 20.5 Å². The van der Waals surface area contributed by atoms with Gasteiger partial charge in [-0.2, -0.15) is 0 Å². The van der Waals surface area contributed by atoms with Crippen LogP contribution in [-0.2, 0) is 11.2 Å². The molecule has 0 aliphatic heterocycles. The molecule has 0 unspecified atom stereocenters. The summed E-state index contributed by atoms with van der Waals surface area (Å²) in [4.78, 5) is 13.0. The maximum absolute atomic E-state index is 11.4. The fourth-order valence-electron chi connectivity index (χ4n) is 1.61. The second-order valence-corrected chi connectivity index (χ2v) is 5.40. The predicted octanol–water partition coefficient (Wildman–Crippen LogP) is 2.20. The van der Waals surface area contributed by atoms with E-state index in [-0.39, 0.29) is 5.91 Å². The molecule has 1 amide bonds. The Morgan fingerprint density at radius 3 is 2.74 bits per heavy atom. The van der Waals surface area contributed by atoms with Gasteiger partial charge in [0.25, 0.3) is 0 Å². The first kappa shape index (κ1) is 16.0. The van der Waals surface area contributed by atoms with Gasteiger partial charge in [0.15, 0.2) is 0 Å². The first-order valence-electron chi connectivity index (χ1n) is 6.36. The van der Waals surface area contributed by atoms with E-state index in [0.717, 1.165) is 16.6 Å². The molecule has 0 saturated heterocycles. The number of carbonyl (C=O) groups is 1. The topological polar surface area (TPSA) is 55.6 Å². The lowest BCUT2D eigenvalue weighted by Crippen LogP contribution is -2.21.